The van der Waals surface area contributed by atoms with Gasteiger partial charge >= 0.3 is 12.4 Å². The minimum atomic E-state index is -4.52. The van der Waals surface area contributed by atoms with Gasteiger partial charge in [-0.05, 0) is 107 Å². The summed E-state index contributed by atoms with van der Waals surface area (Å²) in [6, 6.07) is 27.8. The summed E-state index contributed by atoms with van der Waals surface area (Å²) in [4.78, 5) is 5.18. The second kappa shape index (κ2) is 13.2. The minimum absolute atomic E-state index is 0.185. The van der Waals surface area contributed by atoms with E-state index in [2.05, 4.69) is 0 Å². The third-order valence-electron chi connectivity index (χ3n) is 9.83. The Labute approximate surface area is 305 Å². The molecule has 0 atom stereocenters. The highest BCUT2D eigenvalue weighted by Gasteiger charge is 2.37. The largest absolute Gasteiger partial charge is 0.416 e. The molecule has 0 radical (unpaired) electrons. The maximum atomic E-state index is 13.3. The molecular weight excluding hydrogens is 700 g/mol. The lowest BCUT2D eigenvalue weighted by atomic mass is 9.91. The van der Waals surface area contributed by atoms with Crippen LogP contribution in [0, 0.1) is 45.3 Å². The summed E-state index contributed by atoms with van der Waals surface area (Å²) in [7, 11) is 0. The number of fused-ring (bicyclic) bond motifs is 5. The van der Waals surface area contributed by atoms with Crippen molar-refractivity contribution in [1.82, 2.24) is 0 Å². The lowest BCUT2D eigenvalue weighted by Crippen LogP contribution is -2.04. The van der Waals surface area contributed by atoms with Crippen molar-refractivity contribution in [3.05, 3.63) is 146 Å². The highest BCUT2D eigenvalue weighted by molar-refractivity contribution is 6.31. The molecule has 0 saturated carbocycles. The second-order valence-electron chi connectivity index (χ2n) is 12.9. The van der Waals surface area contributed by atoms with Gasteiger partial charge in [0.25, 0.3) is 0 Å². The molecule has 0 amide bonds. The number of hydrogen-bond acceptors (Lipinski definition) is 5. The number of hydrogen-bond donors (Lipinski definition) is 0. The van der Waals surface area contributed by atoms with E-state index in [9.17, 15) is 47.4 Å². The molecule has 0 aromatic heterocycles. The maximum absolute atomic E-state index is 13.3. The first-order chi connectivity index (χ1) is 25.8. The van der Waals surface area contributed by atoms with Gasteiger partial charge in [0.1, 0.15) is 35.4 Å². The number of nitriles is 4. The van der Waals surface area contributed by atoms with Crippen molar-refractivity contribution in [2.24, 2.45) is 4.99 Å². The van der Waals surface area contributed by atoms with Crippen LogP contribution in [0.5, 0.6) is 0 Å². The smallest absolute Gasteiger partial charge is 0.247 e. The molecule has 5 nitrogen and oxygen atoms in total. The molecule has 0 saturated heterocycles. The quantitative estimate of drug-likeness (QED) is 0.151. The van der Waals surface area contributed by atoms with Crippen LogP contribution >= 0.6 is 0 Å². The molecule has 3 aliphatic rings. The van der Waals surface area contributed by atoms with E-state index in [1.54, 1.807) is 30.3 Å². The average Bonchev–Trinajstić information content (AvgIpc) is 3.65. The van der Waals surface area contributed by atoms with Crippen LogP contribution < -0.4 is 0 Å². The standard InChI is InChI=1S/C43H23F6N5/c1-23-3-2-4-33-35-17-26(24-5-11-30(12-6-24)42(44,45)46)9-15-32(35)39(29(21-52)22-53)41(33)54-40-34-16-10-27(25-7-13-31(14-8-25)43(47,48)49)18-36(34)38(37(23)40)28(19-50)20-51/h5-18H,2-4H2,1H3/b37-23-,54-40?. The predicted molar refractivity (Wildman–Crippen MR) is 190 cm³/mol. The molecule has 0 bridgehead atoms. The summed E-state index contributed by atoms with van der Waals surface area (Å²) in [6.07, 6.45) is -7.49. The molecule has 0 fully saturated rings. The zero-order valence-corrected chi connectivity index (χ0v) is 28.2. The summed E-state index contributed by atoms with van der Waals surface area (Å²) in [5.74, 6) is 0. The van der Waals surface area contributed by atoms with Gasteiger partial charge in [-0.15, -0.1) is 0 Å². The molecule has 4 aromatic carbocycles. The highest BCUT2D eigenvalue weighted by atomic mass is 19.4. The van der Waals surface area contributed by atoms with E-state index in [1.807, 2.05) is 37.3 Å². The normalized spacial score (nSPS) is 16.2. The number of rotatable bonds is 2. The van der Waals surface area contributed by atoms with Crippen LogP contribution in [-0.2, 0) is 12.4 Å². The van der Waals surface area contributed by atoms with Crippen LogP contribution in [-0.4, -0.2) is 5.71 Å². The molecule has 0 spiro atoms. The molecule has 54 heavy (non-hydrogen) atoms. The summed E-state index contributed by atoms with van der Waals surface area (Å²) < 4.78 is 79.8. The monoisotopic (exact) mass is 723 g/mol. The molecule has 11 heteroatoms. The van der Waals surface area contributed by atoms with E-state index < -0.39 is 23.5 Å². The van der Waals surface area contributed by atoms with E-state index >= 15 is 0 Å². The lowest BCUT2D eigenvalue weighted by molar-refractivity contribution is -0.138. The molecule has 7 rings (SSSR count). The zero-order chi connectivity index (χ0) is 38.5. The van der Waals surface area contributed by atoms with E-state index in [1.165, 1.54) is 24.3 Å². The molecule has 1 heterocycles. The van der Waals surface area contributed by atoms with E-state index in [4.69, 9.17) is 4.99 Å². The van der Waals surface area contributed by atoms with Crippen LogP contribution in [0.25, 0.3) is 39.0 Å². The number of benzene rings is 4. The Bertz CT molecular complexity index is 2590. The van der Waals surface area contributed by atoms with Gasteiger partial charge in [-0.3, -0.25) is 0 Å². The Balaban J connectivity index is 1.46. The van der Waals surface area contributed by atoms with Gasteiger partial charge in [0.15, 0.2) is 0 Å². The van der Waals surface area contributed by atoms with Gasteiger partial charge in [0, 0.05) is 22.3 Å². The van der Waals surface area contributed by atoms with Gasteiger partial charge in [-0.2, -0.15) is 47.4 Å². The second-order valence-corrected chi connectivity index (χ2v) is 12.9. The fourth-order valence-corrected chi connectivity index (χ4v) is 7.29. The van der Waals surface area contributed by atoms with Crippen LogP contribution in [0.1, 0.15) is 59.6 Å². The van der Waals surface area contributed by atoms with Crippen molar-refractivity contribution in [2.45, 2.75) is 38.5 Å². The summed E-state index contributed by atoms with van der Waals surface area (Å²) >= 11 is 0. The van der Waals surface area contributed by atoms with Crippen LogP contribution in [0.3, 0.4) is 0 Å². The lowest BCUT2D eigenvalue weighted by Gasteiger charge is -2.12. The Morgan fingerprint density at radius 1 is 0.556 bits per heavy atom. The summed E-state index contributed by atoms with van der Waals surface area (Å²) in [6.45, 7) is 1.87. The fourth-order valence-electron chi connectivity index (χ4n) is 7.29. The number of alkyl halides is 6. The van der Waals surface area contributed by atoms with Crippen molar-refractivity contribution in [3.63, 3.8) is 0 Å². The number of aliphatic imine (C=N–C) groups is 1. The third kappa shape index (κ3) is 5.97. The Morgan fingerprint density at radius 2 is 1.02 bits per heavy atom. The predicted octanol–water partition coefficient (Wildman–Crippen LogP) is 11.4. The topological polar surface area (TPSA) is 108 Å². The molecule has 0 unspecified atom stereocenters. The van der Waals surface area contributed by atoms with Crippen molar-refractivity contribution in [2.75, 3.05) is 0 Å². The van der Waals surface area contributed by atoms with Crippen LogP contribution in [0.2, 0.25) is 0 Å². The van der Waals surface area contributed by atoms with Crippen molar-refractivity contribution < 1.29 is 26.3 Å². The van der Waals surface area contributed by atoms with E-state index in [0.29, 0.717) is 86.3 Å². The minimum Gasteiger partial charge on any atom is -0.247 e. The highest BCUT2D eigenvalue weighted by Crippen LogP contribution is 2.51. The van der Waals surface area contributed by atoms with Gasteiger partial charge in [0.05, 0.1) is 22.5 Å². The first-order valence-electron chi connectivity index (χ1n) is 16.6. The summed E-state index contributed by atoms with van der Waals surface area (Å²) in [5, 5.41) is 40.5. The molecular formula is C43H23F6N5. The first kappa shape index (κ1) is 35.5. The Hall–Kier alpha value is -6.95. The number of allylic oxidation sites excluding steroid dienone is 7. The van der Waals surface area contributed by atoms with Gasteiger partial charge < -0.3 is 0 Å². The SMILES string of the molecule is C/C1=C2/C(=NC3=C(CCC1)c1cc(-c4ccc(C(F)(F)F)cc4)ccc1C3=C(C#N)C#N)c1ccc(-c3ccc(C(F)(F)F)cc3)cc1C2=C(C#N)C#N. The molecule has 262 valence electrons. The van der Waals surface area contributed by atoms with Crippen LogP contribution in [0.4, 0.5) is 26.3 Å². The van der Waals surface area contributed by atoms with Crippen molar-refractivity contribution in [3.8, 4) is 46.5 Å². The molecule has 0 N–H and O–H groups in total. The van der Waals surface area contributed by atoms with E-state index in [-0.39, 0.29) is 16.7 Å². The number of nitrogens with zero attached hydrogens (tertiary/aromatic N) is 5. The van der Waals surface area contributed by atoms with E-state index in [0.717, 1.165) is 35.4 Å². The first-order valence-corrected chi connectivity index (χ1v) is 16.6. The Kier molecular flexibility index (Phi) is 8.69. The van der Waals surface area contributed by atoms with Crippen molar-refractivity contribution >= 4 is 22.4 Å². The summed E-state index contributed by atoms with van der Waals surface area (Å²) in [5.41, 5.74) is 5.91. The zero-order valence-electron chi connectivity index (χ0n) is 28.2. The molecule has 1 aliphatic heterocycles. The average molecular weight is 724 g/mol. The fraction of sp³-hybridized carbons (Fsp3) is 0.140. The van der Waals surface area contributed by atoms with Crippen LogP contribution in [0.15, 0.2) is 118 Å². The molecule has 4 aromatic rings. The third-order valence-corrected chi connectivity index (χ3v) is 9.83. The molecule has 2 aliphatic carbocycles. The van der Waals surface area contributed by atoms with Gasteiger partial charge in [-0.25, -0.2) is 4.99 Å². The van der Waals surface area contributed by atoms with Gasteiger partial charge in [0.2, 0.25) is 0 Å². The maximum Gasteiger partial charge on any atom is 0.416 e. The number of halogens is 6. The van der Waals surface area contributed by atoms with Gasteiger partial charge in [-0.1, -0.05) is 54.1 Å². The Morgan fingerprint density at radius 3 is 1.52 bits per heavy atom. The van der Waals surface area contributed by atoms with Crippen molar-refractivity contribution in [1.29, 1.82) is 21.0 Å².